The fraction of sp³-hybridized carbons (Fsp3) is 0.100. The highest BCUT2D eigenvalue weighted by atomic mass is 79.9. The summed E-state index contributed by atoms with van der Waals surface area (Å²) in [5, 5.41) is 82.0. The molecule has 15 aromatic rings. The SMILES string of the molecule is COC(=O)C(Oc1ccc2cc(C(=N)N)sc2c1)c1ccc(F)cc1.Cl.N#Cc1ccc(Oc2ccc3sc(C(=N)N)cc3c2)cc1.N=C(N)c1cc2c(Br)c(OCc3ccccc3)ccc2s1.N=C(N)c1cc2ccc(OCc3ccc4c(c3)OCO4)cc2s1.N=C(N)c1cc2ccc(O[C@H](C(=O)O)c3ccccc3)cc2s1.O=C(O)C(F)(F)F.O=C(O)C(F)(F)F.O=C(O)C(F)(F)F. The summed E-state index contributed by atoms with van der Waals surface area (Å²) in [6, 6.07) is 74.7. The van der Waals surface area contributed by atoms with Crippen LogP contribution in [0.15, 0.2) is 247 Å². The molecule has 5 aromatic heterocycles. The van der Waals surface area contributed by atoms with Crippen LogP contribution in [0.25, 0.3) is 50.4 Å². The number of carboxylic acids is 4. The van der Waals surface area contributed by atoms with Gasteiger partial charge in [0.15, 0.2) is 11.5 Å². The lowest BCUT2D eigenvalue weighted by atomic mass is 10.1. The first kappa shape index (κ1) is 105. The van der Waals surface area contributed by atoms with E-state index in [9.17, 15) is 58.6 Å². The van der Waals surface area contributed by atoms with E-state index < -0.39 is 66.4 Å². The number of methoxy groups -OCH3 is 1. The number of carboxylic acid groups (broad SMARTS) is 4. The maximum atomic E-state index is 13.1. The minimum Gasteiger partial charge on any atom is -0.489 e. The minimum absolute atomic E-state index is 0. The molecule has 10 aromatic carbocycles. The first-order chi connectivity index (χ1) is 63.3. The summed E-state index contributed by atoms with van der Waals surface area (Å²) in [7, 11) is 1.27. The monoisotopic (exact) mass is 2040 g/mol. The Morgan fingerprint density at radius 3 is 1.30 bits per heavy atom. The number of halogens is 12. The normalized spacial score (nSPS) is 11.4. The number of nitriles is 1. The highest BCUT2D eigenvalue weighted by molar-refractivity contribution is 9.10. The lowest BCUT2D eigenvalue weighted by Gasteiger charge is -2.17. The second-order valence-corrected chi connectivity index (χ2v) is 33.1. The molecule has 16 rings (SSSR count). The molecule has 0 bridgehead atoms. The van der Waals surface area contributed by atoms with Crippen LogP contribution in [0.1, 0.15) is 64.4 Å². The van der Waals surface area contributed by atoms with E-state index in [-0.39, 0.29) is 48.4 Å². The maximum absolute atomic E-state index is 13.1. The third-order valence-electron chi connectivity index (χ3n) is 17.3. The van der Waals surface area contributed by atoms with Crippen molar-refractivity contribution in [2.45, 2.75) is 44.0 Å². The van der Waals surface area contributed by atoms with Crippen molar-refractivity contribution in [3.63, 3.8) is 0 Å². The Labute approximate surface area is 791 Å². The van der Waals surface area contributed by atoms with Crippen LogP contribution >= 0.6 is 85.0 Å². The summed E-state index contributed by atoms with van der Waals surface area (Å²) in [6.07, 6.45) is -17.3. The second-order valence-electron chi connectivity index (χ2n) is 26.9. The van der Waals surface area contributed by atoms with E-state index >= 15 is 0 Å². The molecule has 0 radical (unpaired) electrons. The summed E-state index contributed by atoms with van der Waals surface area (Å²) < 4.78 is 159. The van der Waals surface area contributed by atoms with Crippen molar-refractivity contribution in [2.75, 3.05) is 13.9 Å². The standard InChI is InChI=1S/C18H15FN2O3S.2C17H14N2O3S.C16H13BrN2OS.C16H11N3OS.3C2HF3O2.ClH/c1-23-18(22)16(10-2-5-12(19)6-3-10)24-13-7-4-11-8-15(17(20)21)25-14(11)9-13;18-17(19)16-6-11-2-3-12(7-15(11)23-16)20-8-10-1-4-13-14(5-10)22-9-21-13;18-16(19)14-8-11-6-7-12(9-13(11)23-14)22-15(17(20)21)10-4-2-1-3-5-10;17-15-11-8-14(16(18)19)21-13(11)7-6-12(15)20-9-10-4-2-1-3-5-10;17-9-10-1-3-12(4-2-10)20-13-5-6-14-11(7-13)8-15(21-14)16(18)19;3*3-2(4,5)1(6)7;/h2-9,16H,1H3,(H3,20,21);1-7H,8-9H2,(H3,18,19);1-9,15H,(H3,18,19)(H,20,21);1-8H,9H2,(H3,18,19);1-8H,(H3,18,19);3*(H,6,7);1H/t;;15-;;;;;;/m..0....../s1. The molecular formula is C90H71BrClF10N11O17S5. The number of nitrogens with one attached hydrogen (secondary N) is 5. The molecule has 6 heterocycles. The van der Waals surface area contributed by atoms with Gasteiger partial charge in [-0.25, -0.2) is 28.4 Å². The van der Waals surface area contributed by atoms with Crippen molar-refractivity contribution in [3.05, 3.63) is 305 Å². The molecular weight excluding hydrogens is 1970 g/mol. The summed E-state index contributed by atoms with van der Waals surface area (Å²) in [6.45, 7) is 1.24. The van der Waals surface area contributed by atoms with E-state index in [4.69, 9.17) is 129 Å². The first-order valence-electron chi connectivity index (χ1n) is 37.6. The molecule has 45 heteroatoms. The van der Waals surface area contributed by atoms with Gasteiger partial charge in [0, 0.05) is 40.0 Å². The number of nitrogens with two attached hydrogens (primary N) is 5. The Bertz CT molecular complexity index is 6790. The van der Waals surface area contributed by atoms with Crippen molar-refractivity contribution >= 4 is 194 Å². The number of amidine groups is 5. The molecule has 0 spiro atoms. The van der Waals surface area contributed by atoms with Crippen LogP contribution in [-0.2, 0) is 41.9 Å². The molecule has 1 aliphatic rings. The van der Waals surface area contributed by atoms with E-state index in [1.165, 1.54) is 88.1 Å². The number of carbonyl (C=O) groups is 5. The van der Waals surface area contributed by atoms with Crippen LogP contribution in [0.4, 0.5) is 43.9 Å². The average Bonchev–Trinajstić information content (AvgIpc) is 1.65. The third-order valence-corrected chi connectivity index (χ3v) is 23.8. The topological polar surface area (TPSA) is 513 Å². The highest BCUT2D eigenvalue weighted by Gasteiger charge is 2.40. The number of esters is 1. The third kappa shape index (κ3) is 31.0. The first-order valence-corrected chi connectivity index (χ1v) is 42.5. The number of thiophene rings is 5. The van der Waals surface area contributed by atoms with Crippen molar-refractivity contribution < 1.29 is 126 Å². The largest absolute Gasteiger partial charge is 0.490 e. The van der Waals surface area contributed by atoms with E-state index in [0.717, 1.165) is 104 Å². The Balaban J connectivity index is 0.000000196. The molecule has 0 aliphatic carbocycles. The number of aliphatic carboxylic acids is 4. The fourth-order valence-electron chi connectivity index (χ4n) is 11.0. The number of fused-ring (bicyclic) bond motifs is 6. The second kappa shape index (κ2) is 47.8. The Morgan fingerprint density at radius 1 is 0.437 bits per heavy atom. The molecule has 2 atom stereocenters. The van der Waals surface area contributed by atoms with Crippen LogP contribution in [0.3, 0.4) is 0 Å². The number of carbonyl (C=O) groups excluding carboxylic acids is 1. The molecule has 28 nitrogen and oxygen atoms in total. The Kier molecular flexibility index (Phi) is 37.3. The van der Waals surface area contributed by atoms with E-state index in [1.54, 1.807) is 72.8 Å². The molecule has 0 saturated heterocycles. The van der Waals surface area contributed by atoms with Gasteiger partial charge in [0.25, 0.3) is 0 Å². The zero-order chi connectivity index (χ0) is 98.1. The number of alkyl halides is 9. The van der Waals surface area contributed by atoms with Crippen LogP contribution in [0, 0.1) is 44.2 Å². The zero-order valence-corrected chi connectivity index (χ0v) is 75.4. The summed E-state index contributed by atoms with van der Waals surface area (Å²) >= 11 is 10.8. The van der Waals surface area contributed by atoms with E-state index in [2.05, 4.69) is 22.0 Å². The predicted octanol–water partition coefficient (Wildman–Crippen LogP) is 21.2. The van der Waals surface area contributed by atoms with Gasteiger partial charge in [0.1, 0.15) is 82.7 Å². The number of benzene rings is 10. The molecule has 702 valence electrons. The molecule has 1 aliphatic heterocycles. The van der Waals surface area contributed by atoms with Crippen molar-refractivity contribution in [1.29, 1.82) is 32.3 Å². The van der Waals surface area contributed by atoms with Crippen LogP contribution in [-0.4, -0.2) is 112 Å². The van der Waals surface area contributed by atoms with Gasteiger partial charge in [-0.15, -0.1) is 69.1 Å². The number of rotatable bonds is 21. The maximum Gasteiger partial charge on any atom is 0.490 e. The Hall–Kier alpha value is -15.1. The lowest BCUT2D eigenvalue weighted by Crippen LogP contribution is -2.21. The molecule has 1 unspecified atom stereocenters. The van der Waals surface area contributed by atoms with Crippen molar-refractivity contribution in [1.82, 2.24) is 0 Å². The molecule has 0 fully saturated rings. The minimum atomic E-state index is -5.08. The van der Waals surface area contributed by atoms with Gasteiger partial charge in [-0.1, -0.05) is 78.9 Å². The fourth-order valence-corrected chi connectivity index (χ4v) is 16.4. The molecule has 0 saturated carbocycles. The van der Waals surface area contributed by atoms with Gasteiger partial charge in [-0.2, -0.15) is 44.8 Å². The van der Waals surface area contributed by atoms with Gasteiger partial charge in [0.2, 0.25) is 19.0 Å². The predicted molar refractivity (Wildman–Crippen MR) is 498 cm³/mol. The van der Waals surface area contributed by atoms with Crippen LogP contribution in [0.2, 0.25) is 0 Å². The summed E-state index contributed by atoms with van der Waals surface area (Å²) in [5.41, 5.74) is 31.4. The molecule has 135 heavy (non-hydrogen) atoms. The average molecular weight is 2040 g/mol. The highest BCUT2D eigenvalue weighted by Crippen LogP contribution is 2.41. The van der Waals surface area contributed by atoms with E-state index in [1.807, 2.05) is 146 Å². The number of nitrogens with zero attached hydrogens (tertiary/aromatic N) is 1. The van der Waals surface area contributed by atoms with Gasteiger partial charge in [-0.3, -0.25) is 27.0 Å². The summed E-state index contributed by atoms with van der Waals surface area (Å²) in [4.78, 5) is 53.9. The molecule has 19 N–H and O–H groups in total. The van der Waals surface area contributed by atoms with Gasteiger partial charge in [0.05, 0.1) is 47.6 Å². The van der Waals surface area contributed by atoms with E-state index in [0.29, 0.717) is 62.7 Å². The number of hydrogen-bond donors (Lipinski definition) is 14. The van der Waals surface area contributed by atoms with Gasteiger partial charge < -0.3 is 87.0 Å². The Morgan fingerprint density at radius 2 is 0.837 bits per heavy atom. The van der Waals surface area contributed by atoms with Gasteiger partial charge >= 0.3 is 48.4 Å². The van der Waals surface area contributed by atoms with Crippen molar-refractivity contribution in [3.8, 4) is 52.1 Å². The number of hydrogen-bond acceptors (Lipinski definition) is 24. The lowest BCUT2D eigenvalue weighted by molar-refractivity contribution is -0.193. The van der Waals surface area contributed by atoms with Crippen LogP contribution < -0.4 is 61.8 Å². The quantitative estimate of drug-likeness (QED) is 0.0137. The number of ether oxygens (including phenoxy) is 8. The van der Waals surface area contributed by atoms with Gasteiger partial charge in [-0.05, 0) is 212 Å². The molecule has 0 amide bonds. The zero-order valence-electron chi connectivity index (χ0n) is 68.9. The smallest absolute Gasteiger partial charge is 0.489 e. The van der Waals surface area contributed by atoms with Crippen molar-refractivity contribution in [2.24, 2.45) is 28.7 Å². The summed E-state index contributed by atoms with van der Waals surface area (Å²) in [5.74, 6) is -4.61. The van der Waals surface area contributed by atoms with Crippen LogP contribution in [0.5, 0.6) is 46.0 Å². The number of nitrogen functional groups attached to an aromatic ring is 5.